The van der Waals surface area contributed by atoms with E-state index in [-0.39, 0.29) is 5.76 Å². The smallest absolute Gasteiger partial charge is 0.374 e. The molecule has 138 valence electrons. The van der Waals surface area contributed by atoms with Gasteiger partial charge in [-0.25, -0.2) is 4.79 Å². The lowest BCUT2D eigenvalue weighted by Crippen LogP contribution is -2.16. The summed E-state index contributed by atoms with van der Waals surface area (Å²) in [6, 6.07) is 18.9. The summed E-state index contributed by atoms with van der Waals surface area (Å²) in [5.74, 6) is -0.668. The number of ether oxygens (including phenoxy) is 1. The van der Waals surface area contributed by atoms with E-state index in [1.165, 1.54) is 0 Å². The highest BCUT2D eigenvalue weighted by Crippen LogP contribution is 2.26. The second kappa shape index (κ2) is 10.4. The molecule has 0 radical (unpaired) electrons. The minimum Gasteiger partial charge on any atom is -0.501 e. The molecule has 0 bridgehead atoms. The van der Waals surface area contributed by atoms with E-state index in [2.05, 4.69) is 13.8 Å². The first kappa shape index (κ1) is 19.8. The normalized spacial score (nSPS) is 11.6. The quantitative estimate of drug-likeness (QED) is 0.354. The number of aliphatic hydroxyl groups is 1. The minimum absolute atomic E-state index is 0.337. The number of carbonyl (C=O) groups is 1. The lowest BCUT2D eigenvalue weighted by Gasteiger charge is -2.16. The fourth-order valence-electron chi connectivity index (χ4n) is 2.91. The summed E-state index contributed by atoms with van der Waals surface area (Å²) in [7, 11) is 0. The van der Waals surface area contributed by atoms with E-state index in [0.29, 0.717) is 18.1 Å². The average Bonchev–Trinajstić information content (AvgIpc) is 2.69. The van der Waals surface area contributed by atoms with Gasteiger partial charge in [0.15, 0.2) is 0 Å². The van der Waals surface area contributed by atoms with Gasteiger partial charge in [-0.1, -0.05) is 93.8 Å². The number of unbranched alkanes of at least 4 members (excludes halogenated alkanes) is 1. The van der Waals surface area contributed by atoms with E-state index in [0.717, 1.165) is 36.8 Å². The third kappa shape index (κ3) is 5.48. The molecule has 26 heavy (non-hydrogen) atoms. The maximum absolute atomic E-state index is 12.5. The number of carbonyl (C=O) groups excluding carboxylic acids is 1. The van der Waals surface area contributed by atoms with Crippen LogP contribution < -0.4 is 0 Å². The van der Waals surface area contributed by atoms with Crippen LogP contribution in [0.3, 0.4) is 0 Å². The van der Waals surface area contributed by atoms with Crippen molar-refractivity contribution in [3.63, 3.8) is 0 Å². The van der Waals surface area contributed by atoms with Crippen LogP contribution in [0.4, 0.5) is 0 Å². The molecule has 1 atom stereocenters. The third-order valence-electron chi connectivity index (χ3n) is 4.55. The Morgan fingerprint density at radius 3 is 1.96 bits per heavy atom. The molecule has 0 fully saturated rings. The first-order valence-electron chi connectivity index (χ1n) is 9.38. The number of esters is 1. The molecule has 1 N–H and O–H groups in total. The minimum atomic E-state index is -0.664. The molecule has 0 saturated carbocycles. The Bertz CT molecular complexity index is 663. The summed E-state index contributed by atoms with van der Waals surface area (Å²) in [4.78, 5) is 12.5. The Balaban J connectivity index is 2.24. The summed E-state index contributed by atoms with van der Waals surface area (Å²) >= 11 is 0. The van der Waals surface area contributed by atoms with Crippen molar-refractivity contribution in [2.45, 2.75) is 39.5 Å². The van der Waals surface area contributed by atoms with Crippen LogP contribution in [0.25, 0.3) is 5.57 Å². The molecule has 3 heteroatoms. The zero-order chi connectivity index (χ0) is 18.8. The van der Waals surface area contributed by atoms with Crippen molar-refractivity contribution >= 4 is 11.5 Å². The zero-order valence-electron chi connectivity index (χ0n) is 15.7. The topological polar surface area (TPSA) is 46.5 Å². The van der Waals surface area contributed by atoms with E-state index in [1.54, 1.807) is 0 Å². The maximum Gasteiger partial charge on any atom is 0.374 e. The van der Waals surface area contributed by atoms with Gasteiger partial charge in [-0.05, 0) is 23.5 Å². The molecule has 2 rings (SSSR count). The van der Waals surface area contributed by atoms with Gasteiger partial charge in [0, 0.05) is 5.57 Å². The van der Waals surface area contributed by atoms with Crippen LogP contribution in [-0.2, 0) is 9.53 Å². The molecule has 1 unspecified atom stereocenters. The monoisotopic (exact) mass is 352 g/mol. The van der Waals surface area contributed by atoms with Crippen molar-refractivity contribution in [2.24, 2.45) is 5.92 Å². The van der Waals surface area contributed by atoms with E-state index in [9.17, 15) is 9.90 Å². The van der Waals surface area contributed by atoms with Crippen molar-refractivity contribution in [3.05, 3.63) is 77.5 Å². The number of hydrogen-bond donors (Lipinski definition) is 1. The molecule has 0 aliphatic heterocycles. The van der Waals surface area contributed by atoms with Crippen molar-refractivity contribution < 1.29 is 14.6 Å². The van der Waals surface area contributed by atoms with Crippen LogP contribution in [0.2, 0.25) is 0 Å². The van der Waals surface area contributed by atoms with Crippen LogP contribution >= 0.6 is 0 Å². The lowest BCUT2D eigenvalue weighted by atomic mass is 9.96. The largest absolute Gasteiger partial charge is 0.501 e. The fourth-order valence-corrected chi connectivity index (χ4v) is 2.91. The Morgan fingerprint density at radius 2 is 1.50 bits per heavy atom. The van der Waals surface area contributed by atoms with Gasteiger partial charge >= 0.3 is 5.97 Å². The summed E-state index contributed by atoms with van der Waals surface area (Å²) in [5.41, 5.74) is 2.06. The first-order valence-corrected chi connectivity index (χ1v) is 9.38. The summed E-state index contributed by atoms with van der Waals surface area (Å²) < 4.78 is 5.43. The molecule has 0 aromatic heterocycles. The lowest BCUT2D eigenvalue weighted by molar-refractivity contribution is -0.143. The summed E-state index contributed by atoms with van der Waals surface area (Å²) in [6.07, 6.45) is 4.25. The molecule has 0 saturated heterocycles. The molecule has 0 heterocycles. The molecule has 3 nitrogen and oxygen atoms in total. The van der Waals surface area contributed by atoms with E-state index >= 15 is 0 Å². The van der Waals surface area contributed by atoms with Crippen molar-refractivity contribution in [3.8, 4) is 0 Å². The molecule has 0 aliphatic rings. The SMILES string of the molecule is CCCCC(CC)COC(=O)C(O)=C(c1ccccc1)c1ccccc1. The van der Waals surface area contributed by atoms with Gasteiger partial charge in [0.05, 0.1) is 6.61 Å². The summed E-state index contributed by atoms with van der Waals surface area (Å²) in [5, 5.41) is 10.7. The van der Waals surface area contributed by atoms with Gasteiger partial charge in [-0.3, -0.25) is 0 Å². The van der Waals surface area contributed by atoms with Crippen LogP contribution in [-0.4, -0.2) is 17.7 Å². The number of hydrogen-bond acceptors (Lipinski definition) is 3. The molecule has 0 aliphatic carbocycles. The molecule has 2 aromatic carbocycles. The number of rotatable bonds is 9. The van der Waals surface area contributed by atoms with E-state index in [4.69, 9.17) is 4.74 Å². The zero-order valence-corrected chi connectivity index (χ0v) is 15.7. The molecular formula is C23H28O3. The Labute approximate surface area is 156 Å². The maximum atomic E-state index is 12.5. The highest BCUT2D eigenvalue weighted by molar-refractivity contribution is 5.99. The third-order valence-corrected chi connectivity index (χ3v) is 4.55. The standard InChI is InChI=1S/C23H28O3/c1-3-5-12-18(4-2)17-26-23(25)22(24)21(19-13-8-6-9-14-19)20-15-10-7-11-16-20/h6-11,13-16,18,24H,3-5,12,17H2,1-2H3. The van der Waals surface area contributed by atoms with Gasteiger partial charge in [0.1, 0.15) is 0 Å². The predicted molar refractivity (Wildman–Crippen MR) is 106 cm³/mol. The first-order chi connectivity index (χ1) is 12.7. The highest BCUT2D eigenvalue weighted by Gasteiger charge is 2.20. The van der Waals surface area contributed by atoms with Crippen molar-refractivity contribution in [1.29, 1.82) is 0 Å². The highest BCUT2D eigenvalue weighted by atomic mass is 16.5. The molecular weight excluding hydrogens is 324 g/mol. The van der Waals surface area contributed by atoms with Gasteiger partial charge < -0.3 is 9.84 Å². The van der Waals surface area contributed by atoms with Gasteiger partial charge in [0.25, 0.3) is 0 Å². The van der Waals surface area contributed by atoms with Crippen LogP contribution in [0.5, 0.6) is 0 Å². The second-order valence-corrected chi connectivity index (χ2v) is 6.47. The fraction of sp³-hybridized carbons (Fsp3) is 0.348. The van der Waals surface area contributed by atoms with E-state index in [1.807, 2.05) is 60.7 Å². The summed E-state index contributed by atoms with van der Waals surface area (Å²) in [6.45, 7) is 4.60. The molecule has 0 amide bonds. The van der Waals surface area contributed by atoms with Gasteiger partial charge in [0.2, 0.25) is 5.76 Å². The molecule has 0 spiro atoms. The molecule has 2 aromatic rings. The van der Waals surface area contributed by atoms with E-state index < -0.39 is 5.97 Å². The van der Waals surface area contributed by atoms with Crippen molar-refractivity contribution in [1.82, 2.24) is 0 Å². The Morgan fingerprint density at radius 1 is 0.962 bits per heavy atom. The Kier molecular flexibility index (Phi) is 7.94. The van der Waals surface area contributed by atoms with Crippen molar-refractivity contribution in [2.75, 3.05) is 6.61 Å². The van der Waals surface area contributed by atoms with Crippen LogP contribution in [0.15, 0.2) is 66.4 Å². The average molecular weight is 352 g/mol. The Hall–Kier alpha value is -2.55. The van der Waals surface area contributed by atoms with Crippen LogP contribution in [0.1, 0.15) is 50.7 Å². The van der Waals surface area contributed by atoms with Crippen LogP contribution in [0, 0.1) is 5.92 Å². The predicted octanol–water partition coefficient (Wildman–Crippen LogP) is 5.76. The van der Waals surface area contributed by atoms with Gasteiger partial charge in [-0.15, -0.1) is 0 Å². The second-order valence-electron chi connectivity index (χ2n) is 6.47. The number of aliphatic hydroxyl groups excluding tert-OH is 1. The van der Waals surface area contributed by atoms with Gasteiger partial charge in [-0.2, -0.15) is 0 Å². The number of benzene rings is 2.